The Bertz CT molecular complexity index is 2600. The molecule has 0 aromatic heterocycles. The van der Waals surface area contributed by atoms with Gasteiger partial charge in [0.25, 0.3) is 0 Å². The highest BCUT2D eigenvalue weighted by Gasteiger charge is 2.28. The molecule has 1 heterocycles. The molecule has 14 nitrogen and oxygen atoms in total. The van der Waals surface area contributed by atoms with Crippen LogP contribution in [0.15, 0.2) is 0 Å². The van der Waals surface area contributed by atoms with Crippen LogP contribution in [-0.2, 0) is 47.7 Å². The van der Waals surface area contributed by atoms with Crippen molar-refractivity contribution in [2.24, 2.45) is 35.5 Å². The molecule has 1 aliphatic rings. The van der Waals surface area contributed by atoms with Crippen LogP contribution in [0.2, 0.25) is 0 Å². The topological polar surface area (TPSA) is 152 Å². The fraction of sp³-hybridized carbons (Fsp3) is 0.951. The van der Waals surface area contributed by atoms with Crippen LogP contribution in [0.25, 0.3) is 0 Å². The molecule has 0 radical (unpaired) electrons. The number of likely N-dealkylation sites (tertiary alicyclic amines) is 1. The minimum absolute atomic E-state index is 0.00249. The van der Waals surface area contributed by atoms with E-state index in [2.05, 4.69) is 96.0 Å². The van der Waals surface area contributed by atoms with E-state index < -0.39 is 0 Å². The van der Waals surface area contributed by atoms with Crippen LogP contribution in [0.5, 0.6) is 0 Å². The SMILES string of the molecule is CCCCCCCCC(CCCCCC)COC(=O)CCCCCCCCC(CCCCCCCCC(=O)OCC(CCCCCCCC)CCCCCCC(CC)CC(CCCCCC)COC(=O)CCCCCCCCC(CCCCCCCCC(=O)OCC(CCCC)CCCCCC)C(=O)N(CCCCCCCC)CCCN1CCCC1)N(CCCN(C)C)C(=O)CCCCCCC. The Hall–Kier alpha value is -3.26. The highest BCUT2D eigenvalue weighted by atomic mass is 16.5. The summed E-state index contributed by atoms with van der Waals surface area (Å²) in [5.41, 5.74) is 0. The van der Waals surface area contributed by atoms with Gasteiger partial charge in [0.05, 0.1) is 26.4 Å². The average Bonchev–Trinajstić information content (AvgIpc) is 1.21. The summed E-state index contributed by atoms with van der Waals surface area (Å²) >= 11 is 0. The Morgan fingerprint density at radius 2 is 0.511 bits per heavy atom. The fourth-order valence-electron chi connectivity index (χ4n) is 21.6. The van der Waals surface area contributed by atoms with Crippen molar-refractivity contribution in [2.45, 2.75) is 633 Å². The molecule has 1 fully saturated rings. The van der Waals surface area contributed by atoms with E-state index in [1.165, 1.54) is 334 Å². The van der Waals surface area contributed by atoms with E-state index in [1.54, 1.807) is 0 Å². The van der Waals surface area contributed by atoms with E-state index >= 15 is 0 Å². The van der Waals surface area contributed by atoms with Crippen LogP contribution in [-0.4, -0.2) is 148 Å². The van der Waals surface area contributed by atoms with Gasteiger partial charge in [0.1, 0.15) is 0 Å². The summed E-state index contributed by atoms with van der Waals surface area (Å²) in [5.74, 6) is 3.36. The number of amides is 2. The Labute approximate surface area is 853 Å². The van der Waals surface area contributed by atoms with E-state index in [4.69, 9.17) is 18.9 Å². The van der Waals surface area contributed by atoms with Crippen LogP contribution < -0.4 is 0 Å². The highest BCUT2D eigenvalue weighted by molar-refractivity contribution is 5.79. The number of carbonyl (C=O) groups is 6. The summed E-state index contributed by atoms with van der Waals surface area (Å²) in [4.78, 5) is 91.1. The Morgan fingerprint density at radius 3 is 0.847 bits per heavy atom. The van der Waals surface area contributed by atoms with Crippen molar-refractivity contribution in [1.82, 2.24) is 19.6 Å². The smallest absolute Gasteiger partial charge is 0.305 e. The molecular weight excluding hydrogens is 1690 g/mol. The second kappa shape index (κ2) is 101. The minimum atomic E-state index is -0.0170. The maximum absolute atomic E-state index is 14.8. The van der Waals surface area contributed by atoms with Crippen LogP contribution in [0.4, 0.5) is 0 Å². The fourth-order valence-corrected chi connectivity index (χ4v) is 21.6. The molecule has 0 bridgehead atoms. The molecule has 0 aromatic rings. The average molecular weight is 1930 g/mol. The van der Waals surface area contributed by atoms with Gasteiger partial charge in [-0.05, 0) is 211 Å². The van der Waals surface area contributed by atoms with Gasteiger partial charge in [-0.15, -0.1) is 0 Å². The molecule has 7 atom stereocenters. The van der Waals surface area contributed by atoms with Gasteiger partial charge in [-0.2, -0.15) is 0 Å². The van der Waals surface area contributed by atoms with E-state index in [9.17, 15) is 28.8 Å². The Kier molecular flexibility index (Phi) is 97.5. The lowest BCUT2D eigenvalue weighted by molar-refractivity contribution is -0.146. The van der Waals surface area contributed by atoms with Gasteiger partial charge >= 0.3 is 23.9 Å². The third-order valence-corrected chi connectivity index (χ3v) is 30.9. The first kappa shape index (κ1) is 132. The summed E-state index contributed by atoms with van der Waals surface area (Å²) in [6.45, 7) is 30.0. The van der Waals surface area contributed by atoms with Crippen LogP contribution in [0.3, 0.4) is 0 Å². The van der Waals surface area contributed by atoms with Crippen molar-refractivity contribution in [1.29, 1.82) is 0 Å². The number of hydrogen-bond acceptors (Lipinski definition) is 12. The summed E-state index contributed by atoms with van der Waals surface area (Å²) < 4.78 is 24.1. The van der Waals surface area contributed by atoms with Gasteiger partial charge in [-0.25, -0.2) is 0 Å². The molecule has 0 N–H and O–H groups in total. The number of carbonyl (C=O) groups excluding carboxylic acids is 6. The predicted molar refractivity (Wildman–Crippen MR) is 589 cm³/mol. The standard InChI is InChI=1S/C123H238N4O10/c1-12-21-29-36-48-65-86-113(85-62-34-26-17-6)108-135-120(130)96-74-56-45-41-52-70-92-117(127(105-80-99-124(10)11)118(128)94-72-47-32-24-15-4)93-71-53-42-46-57-75-97-121(131)136-109-114(87-66-49-37-30-22-13-2)88-67-59-58-64-83-111(20-9)106-115(89-63-35-27-18-7)110-137-122(132)98-76-55-44-40-51-69-91-116(123(133)126(103-77-60-38-31-23-14-3)104-81-102-125-100-78-79-101-125)90-68-50-39-43-54-73-95-119(129)134-107-112(82-28-19-8)84-61-33-25-16-5/h111-117H,12-110H2,1-11H3. The van der Waals surface area contributed by atoms with Gasteiger partial charge < -0.3 is 38.5 Å². The van der Waals surface area contributed by atoms with Crippen molar-refractivity contribution in [3.63, 3.8) is 0 Å². The van der Waals surface area contributed by atoms with Gasteiger partial charge in [0, 0.05) is 63.7 Å². The first-order valence-electron chi connectivity index (χ1n) is 61.7. The minimum Gasteiger partial charge on any atom is -0.465 e. The molecule has 0 aromatic carbocycles. The zero-order chi connectivity index (χ0) is 99.6. The molecule has 1 saturated heterocycles. The molecule has 0 saturated carbocycles. The lowest BCUT2D eigenvalue weighted by Crippen LogP contribution is -2.41. The van der Waals surface area contributed by atoms with Gasteiger partial charge in [0.15, 0.2) is 0 Å². The lowest BCUT2D eigenvalue weighted by atomic mass is 9.86. The van der Waals surface area contributed by atoms with E-state index in [0.29, 0.717) is 99.9 Å². The maximum atomic E-state index is 14.8. The largest absolute Gasteiger partial charge is 0.465 e. The van der Waals surface area contributed by atoms with Crippen molar-refractivity contribution in [3.8, 4) is 0 Å². The molecule has 1 aliphatic heterocycles. The zero-order valence-electron chi connectivity index (χ0n) is 93.9. The number of hydrogen-bond donors (Lipinski definition) is 0. The van der Waals surface area contributed by atoms with Crippen molar-refractivity contribution >= 4 is 35.7 Å². The third-order valence-electron chi connectivity index (χ3n) is 30.9. The number of ether oxygens (including phenoxy) is 4. The summed E-state index contributed by atoms with van der Waals surface area (Å²) in [6, 6.07) is 0.286. The van der Waals surface area contributed by atoms with E-state index in [-0.39, 0.29) is 35.8 Å². The molecule has 2 amide bonds. The first-order valence-corrected chi connectivity index (χ1v) is 61.7. The normalized spacial score (nSPS) is 14.0. The van der Waals surface area contributed by atoms with Crippen LogP contribution in [0.1, 0.15) is 627 Å². The molecule has 0 spiro atoms. The molecule has 14 heteroatoms. The quantitative estimate of drug-likeness (QED) is 0.0324. The summed E-state index contributed by atoms with van der Waals surface area (Å²) in [7, 11) is 4.28. The Balaban J connectivity index is 2.79. The summed E-state index contributed by atoms with van der Waals surface area (Å²) in [5, 5.41) is 0. The number of rotatable bonds is 109. The monoisotopic (exact) mass is 1930 g/mol. The maximum Gasteiger partial charge on any atom is 0.305 e. The van der Waals surface area contributed by atoms with Gasteiger partial charge in [-0.1, -0.05) is 454 Å². The highest BCUT2D eigenvalue weighted by Crippen LogP contribution is 2.32. The van der Waals surface area contributed by atoms with Crippen molar-refractivity contribution in [3.05, 3.63) is 0 Å². The molecule has 7 unspecified atom stereocenters. The lowest BCUT2D eigenvalue weighted by Gasteiger charge is -2.33. The van der Waals surface area contributed by atoms with Crippen LogP contribution >= 0.6 is 0 Å². The molecule has 0 aliphatic carbocycles. The number of unbranched alkanes of at least 4 members (excludes halogenated alkanes) is 52. The van der Waals surface area contributed by atoms with E-state index in [1.807, 2.05) is 0 Å². The second-order valence-electron chi connectivity index (χ2n) is 44.4. The van der Waals surface area contributed by atoms with Gasteiger partial charge in [-0.3, -0.25) is 28.8 Å². The van der Waals surface area contributed by atoms with E-state index in [0.717, 1.165) is 245 Å². The third kappa shape index (κ3) is 84.6. The van der Waals surface area contributed by atoms with Gasteiger partial charge in [0.2, 0.25) is 11.8 Å². The number of nitrogens with zero attached hydrogens (tertiary/aromatic N) is 4. The van der Waals surface area contributed by atoms with Crippen molar-refractivity contribution < 1.29 is 47.7 Å². The van der Waals surface area contributed by atoms with Crippen molar-refractivity contribution in [2.75, 3.05) is 86.3 Å². The zero-order valence-corrected chi connectivity index (χ0v) is 93.9. The Morgan fingerprint density at radius 1 is 0.248 bits per heavy atom. The molecular formula is C123H238N4O10. The molecule has 137 heavy (non-hydrogen) atoms. The first-order chi connectivity index (χ1) is 67.1. The number of esters is 4. The molecule has 810 valence electrons. The predicted octanol–water partition coefficient (Wildman–Crippen LogP) is 36.3. The molecule has 1 rings (SSSR count). The van der Waals surface area contributed by atoms with Crippen LogP contribution in [0, 0.1) is 35.5 Å². The summed E-state index contributed by atoms with van der Waals surface area (Å²) in [6.07, 6.45) is 101. The second-order valence-corrected chi connectivity index (χ2v) is 44.4.